The number of phenols is 1. The monoisotopic (exact) mass is 569 g/mol. The molecular formula is C23H21BrClNO9. The molecule has 12 heteroatoms. The second-order valence-corrected chi connectivity index (χ2v) is 9.95. The van der Waals surface area contributed by atoms with Crippen LogP contribution in [-0.2, 0) is 25.6 Å². The van der Waals surface area contributed by atoms with Gasteiger partial charge in [-0.3, -0.25) is 19.2 Å². The van der Waals surface area contributed by atoms with Crippen molar-refractivity contribution in [1.82, 2.24) is 0 Å². The molecule has 1 amide bonds. The van der Waals surface area contributed by atoms with E-state index in [2.05, 4.69) is 15.9 Å². The van der Waals surface area contributed by atoms with Crippen LogP contribution in [0.5, 0.6) is 5.75 Å². The van der Waals surface area contributed by atoms with E-state index in [1.807, 2.05) is 0 Å². The average molecular weight is 571 g/mol. The predicted molar refractivity (Wildman–Crippen MR) is 125 cm³/mol. The van der Waals surface area contributed by atoms with E-state index in [0.29, 0.717) is 0 Å². The number of carbonyl (C=O) groups is 4. The van der Waals surface area contributed by atoms with Gasteiger partial charge in [0.05, 0.1) is 17.0 Å². The summed E-state index contributed by atoms with van der Waals surface area (Å²) < 4.78 is 0. The molecular weight excluding hydrogens is 550 g/mol. The Hall–Kier alpha value is -2.73. The summed E-state index contributed by atoms with van der Waals surface area (Å²) in [5, 5.41) is 55.2. The molecule has 5 atom stereocenters. The Kier molecular flexibility index (Phi) is 6.12. The number of rotatable bonds is 4. The van der Waals surface area contributed by atoms with Gasteiger partial charge in [-0.05, 0) is 17.5 Å². The summed E-state index contributed by atoms with van der Waals surface area (Å²) in [5.74, 6) is -9.95. The molecule has 0 heterocycles. The standard InChI is InChI=1S/C23H21BrClNO9/c1-6-8-3-11(25)9(2-7(27)5-24)17(29)14(8)19(31)16-13(6)18(30)10-4-12(28)15(22(26)34)20(32)23(10,35)21(16)33/h3,6,10,13,18,29-32,35H,2,4-5H2,1H3,(H2,26,34)/t6-,10+,13+,18+,23+/m0/s1. The third-order valence-corrected chi connectivity index (χ3v) is 8.16. The predicted octanol–water partition coefficient (Wildman–Crippen LogP) is 1.12. The molecule has 1 fully saturated rings. The van der Waals surface area contributed by atoms with Crippen molar-refractivity contribution < 1.29 is 44.7 Å². The molecule has 1 aromatic rings. The highest BCUT2D eigenvalue weighted by Gasteiger charge is 2.64. The first kappa shape index (κ1) is 25.4. The lowest BCUT2D eigenvalue weighted by atomic mass is 9.55. The zero-order chi connectivity index (χ0) is 26.1. The molecule has 0 spiro atoms. The average Bonchev–Trinajstić information content (AvgIpc) is 2.78. The van der Waals surface area contributed by atoms with E-state index in [1.165, 1.54) is 6.07 Å². The number of aromatic hydroxyl groups is 1. The fourth-order valence-electron chi connectivity index (χ4n) is 5.48. The Labute approximate surface area is 211 Å². The quantitative estimate of drug-likeness (QED) is 0.227. The number of aliphatic hydroxyl groups is 4. The van der Waals surface area contributed by atoms with E-state index in [0.717, 1.165) is 0 Å². The molecule has 7 N–H and O–H groups in total. The fraction of sp³-hybridized carbons (Fsp3) is 0.391. The fourth-order valence-corrected chi connectivity index (χ4v) is 5.95. The summed E-state index contributed by atoms with van der Waals surface area (Å²) in [6, 6.07) is 1.41. The Morgan fingerprint density at radius 2 is 1.89 bits per heavy atom. The highest BCUT2D eigenvalue weighted by molar-refractivity contribution is 9.09. The first-order valence-electron chi connectivity index (χ1n) is 10.6. The van der Waals surface area contributed by atoms with Crippen molar-refractivity contribution >= 4 is 56.5 Å². The van der Waals surface area contributed by atoms with Crippen molar-refractivity contribution in [3.8, 4) is 5.75 Å². The second-order valence-electron chi connectivity index (χ2n) is 8.98. The molecule has 35 heavy (non-hydrogen) atoms. The molecule has 0 aliphatic heterocycles. The van der Waals surface area contributed by atoms with Crippen LogP contribution in [0.15, 0.2) is 23.0 Å². The molecule has 0 saturated heterocycles. The lowest BCUT2D eigenvalue weighted by Crippen LogP contribution is -2.63. The topological polar surface area (TPSA) is 195 Å². The molecule has 10 nitrogen and oxygen atoms in total. The number of hydrogen-bond acceptors (Lipinski definition) is 9. The first-order valence-corrected chi connectivity index (χ1v) is 12.1. The Bertz CT molecular complexity index is 1290. The van der Waals surface area contributed by atoms with Gasteiger partial charge in [0.15, 0.2) is 11.4 Å². The van der Waals surface area contributed by atoms with Crippen LogP contribution in [0.4, 0.5) is 0 Å². The normalized spacial score (nSPS) is 30.1. The Morgan fingerprint density at radius 3 is 2.46 bits per heavy atom. The molecule has 0 radical (unpaired) electrons. The number of nitrogens with two attached hydrogens (primary N) is 1. The summed E-state index contributed by atoms with van der Waals surface area (Å²) in [6.45, 7) is 1.59. The molecule has 3 aliphatic rings. The van der Waals surface area contributed by atoms with Crippen molar-refractivity contribution in [2.45, 2.75) is 37.4 Å². The van der Waals surface area contributed by atoms with Crippen molar-refractivity contribution in [1.29, 1.82) is 0 Å². The zero-order valence-electron chi connectivity index (χ0n) is 18.2. The summed E-state index contributed by atoms with van der Waals surface area (Å²) in [7, 11) is 0. The van der Waals surface area contributed by atoms with Gasteiger partial charge in [-0.2, -0.15) is 0 Å². The minimum atomic E-state index is -2.91. The van der Waals surface area contributed by atoms with Crippen LogP contribution >= 0.6 is 27.5 Å². The number of aliphatic hydroxyl groups excluding tert-OH is 3. The summed E-state index contributed by atoms with van der Waals surface area (Å²) in [4.78, 5) is 49.7. The van der Waals surface area contributed by atoms with Crippen molar-refractivity contribution in [2.24, 2.45) is 17.6 Å². The smallest absolute Gasteiger partial charge is 0.255 e. The van der Waals surface area contributed by atoms with Crippen LogP contribution in [0.25, 0.3) is 5.76 Å². The number of carbonyl (C=O) groups excluding carboxylic acids is 4. The number of amides is 1. The maximum atomic E-state index is 13.6. The molecule has 1 aromatic carbocycles. The number of benzene rings is 1. The van der Waals surface area contributed by atoms with Gasteiger partial charge in [-0.25, -0.2) is 0 Å². The number of fused-ring (bicyclic) bond motifs is 3. The number of primary amides is 1. The maximum absolute atomic E-state index is 13.6. The maximum Gasteiger partial charge on any atom is 0.255 e. The van der Waals surface area contributed by atoms with Gasteiger partial charge < -0.3 is 31.3 Å². The van der Waals surface area contributed by atoms with E-state index in [4.69, 9.17) is 17.3 Å². The molecule has 0 unspecified atom stereocenters. The minimum Gasteiger partial charge on any atom is -0.508 e. The highest BCUT2D eigenvalue weighted by atomic mass is 79.9. The number of ketones is 3. The molecule has 1 saturated carbocycles. The lowest BCUT2D eigenvalue weighted by molar-refractivity contribution is -0.160. The molecule has 0 bridgehead atoms. The number of hydrogen-bond donors (Lipinski definition) is 6. The van der Waals surface area contributed by atoms with E-state index in [-0.39, 0.29) is 39.2 Å². The van der Waals surface area contributed by atoms with Crippen LogP contribution in [-0.4, -0.2) is 65.8 Å². The van der Waals surface area contributed by atoms with E-state index in [9.17, 15) is 44.7 Å². The number of alkyl halides is 1. The van der Waals surface area contributed by atoms with Crippen LogP contribution < -0.4 is 5.73 Å². The van der Waals surface area contributed by atoms with Gasteiger partial charge >= 0.3 is 0 Å². The lowest BCUT2D eigenvalue weighted by Gasteiger charge is -2.50. The van der Waals surface area contributed by atoms with E-state index < -0.39 is 81.8 Å². The van der Waals surface area contributed by atoms with Gasteiger partial charge in [-0.1, -0.05) is 34.5 Å². The number of Topliss-reactive ketones (excluding diaryl/α,β-unsaturated/α-hetero) is 3. The molecule has 186 valence electrons. The van der Waals surface area contributed by atoms with Gasteiger partial charge in [0.2, 0.25) is 5.78 Å². The van der Waals surface area contributed by atoms with Crippen molar-refractivity contribution in [3.05, 3.63) is 44.7 Å². The van der Waals surface area contributed by atoms with Crippen LogP contribution in [0.1, 0.15) is 36.0 Å². The number of phenolic OH excluding ortho intramolecular Hbond substituents is 1. The Morgan fingerprint density at radius 1 is 1.26 bits per heavy atom. The summed E-state index contributed by atoms with van der Waals surface area (Å²) >= 11 is 9.34. The third-order valence-electron chi connectivity index (χ3n) is 7.20. The van der Waals surface area contributed by atoms with Crippen molar-refractivity contribution in [2.75, 3.05) is 5.33 Å². The van der Waals surface area contributed by atoms with Crippen LogP contribution in [0.3, 0.4) is 0 Å². The molecule has 3 aliphatic carbocycles. The minimum absolute atomic E-state index is 0.00934. The summed E-state index contributed by atoms with van der Waals surface area (Å²) in [6.07, 6.45) is -2.57. The first-order chi connectivity index (χ1) is 16.3. The van der Waals surface area contributed by atoms with E-state index in [1.54, 1.807) is 6.92 Å². The van der Waals surface area contributed by atoms with Crippen LogP contribution in [0, 0.1) is 11.8 Å². The Balaban J connectivity index is 1.99. The second kappa shape index (κ2) is 8.44. The van der Waals surface area contributed by atoms with Gasteiger partial charge in [0.1, 0.15) is 28.6 Å². The summed E-state index contributed by atoms with van der Waals surface area (Å²) in [5.41, 5.74) is 0.848. The highest BCUT2D eigenvalue weighted by Crippen LogP contribution is 2.56. The van der Waals surface area contributed by atoms with E-state index >= 15 is 0 Å². The largest absolute Gasteiger partial charge is 0.508 e. The van der Waals surface area contributed by atoms with Crippen molar-refractivity contribution in [3.63, 3.8) is 0 Å². The number of halogens is 2. The SMILES string of the molecule is C[C@H]1c2cc(Cl)c(CC(=O)CBr)c(O)c2C(O)=C2C(=O)[C@]3(O)C(O)=C(C(N)=O)C(=O)C[C@@H]3[C@@H](O)[C@@H]21. The van der Waals surface area contributed by atoms with Gasteiger partial charge in [-0.15, -0.1) is 0 Å². The van der Waals surface area contributed by atoms with Crippen LogP contribution in [0.2, 0.25) is 5.02 Å². The van der Waals surface area contributed by atoms with Gasteiger partial charge in [0, 0.05) is 40.8 Å². The third kappa shape index (κ3) is 3.36. The zero-order valence-corrected chi connectivity index (χ0v) is 20.6. The molecule has 0 aromatic heterocycles. The molecule has 4 rings (SSSR count). The van der Waals surface area contributed by atoms with Gasteiger partial charge in [0.25, 0.3) is 5.91 Å².